The molecule has 2 aromatic heterocycles. The van der Waals surface area contributed by atoms with Crippen LogP contribution in [-0.2, 0) is 0 Å². The zero-order chi connectivity index (χ0) is 15.4. The lowest BCUT2D eigenvalue weighted by atomic mass is 10.1. The summed E-state index contributed by atoms with van der Waals surface area (Å²) in [6, 6.07) is 12.0. The first-order valence-corrected chi connectivity index (χ1v) is 9.34. The molecule has 2 saturated carbocycles. The summed E-state index contributed by atoms with van der Waals surface area (Å²) >= 11 is 7.72. The summed E-state index contributed by atoms with van der Waals surface area (Å²) in [7, 11) is 0. The fourth-order valence-electron chi connectivity index (χ4n) is 4.03. The van der Waals surface area contributed by atoms with Crippen molar-refractivity contribution in [1.82, 2.24) is 14.8 Å². The molecule has 0 amide bonds. The Labute approximate surface area is 143 Å². The molecular formula is C18H16ClN3S. The van der Waals surface area contributed by atoms with Crippen LogP contribution in [0.4, 0.5) is 0 Å². The highest BCUT2D eigenvalue weighted by Gasteiger charge is 2.55. The molecule has 116 valence electrons. The fraction of sp³-hybridized carbons (Fsp3) is 0.333. The number of hydrogen-bond donors (Lipinski definition) is 0. The molecule has 0 saturated heterocycles. The molecule has 3 aromatic rings. The first-order chi connectivity index (χ1) is 11.3. The van der Waals surface area contributed by atoms with Crippen LogP contribution in [0.3, 0.4) is 0 Å². The molecular weight excluding hydrogens is 326 g/mol. The molecule has 1 aromatic carbocycles. The molecule has 3 nitrogen and oxygen atoms in total. The summed E-state index contributed by atoms with van der Waals surface area (Å²) in [4.78, 5) is 6.05. The Hall–Kier alpha value is -1.65. The van der Waals surface area contributed by atoms with Gasteiger partial charge in [0, 0.05) is 10.9 Å². The van der Waals surface area contributed by atoms with E-state index in [1.165, 1.54) is 19.3 Å². The van der Waals surface area contributed by atoms with Crippen LogP contribution in [0.5, 0.6) is 0 Å². The van der Waals surface area contributed by atoms with Crippen LogP contribution in [0.2, 0.25) is 5.02 Å². The van der Waals surface area contributed by atoms with Crippen LogP contribution in [0.25, 0.3) is 16.4 Å². The number of nitrogens with zero attached hydrogens (tertiary/aromatic N) is 3. The van der Waals surface area contributed by atoms with E-state index in [4.69, 9.17) is 21.7 Å². The van der Waals surface area contributed by atoms with E-state index in [0.717, 1.165) is 39.1 Å². The van der Waals surface area contributed by atoms with Crippen molar-refractivity contribution in [2.24, 2.45) is 11.8 Å². The number of rotatable bonds is 3. The Morgan fingerprint density at radius 3 is 2.57 bits per heavy atom. The van der Waals surface area contributed by atoms with Gasteiger partial charge >= 0.3 is 0 Å². The van der Waals surface area contributed by atoms with Gasteiger partial charge in [0.2, 0.25) is 0 Å². The molecule has 2 fully saturated rings. The Morgan fingerprint density at radius 2 is 1.87 bits per heavy atom. The average molecular weight is 342 g/mol. The molecule has 5 heteroatoms. The van der Waals surface area contributed by atoms with E-state index in [1.54, 1.807) is 11.3 Å². The standard InChI is InChI=1S/C18H16ClN3S/c19-11-6-8-12(9-7-11)22-18(16-13-3-1-4-14(13)16)20-17(21-22)15-5-2-10-23-15/h2,5-10,13-14,16H,1,3-4H2. The third-order valence-electron chi connectivity index (χ3n) is 5.15. The molecule has 2 aliphatic rings. The van der Waals surface area contributed by atoms with Crippen LogP contribution < -0.4 is 0 Å². The molecule has 0 bridgehead atoms. The summed E-state index contributed by atoms with van der Waals surface area (Å²) in [5.74, 6) is 4.20. The molecule has 2 heterocycles. The molecule has 23 heavy (non-hydrogen) atoms. The summed E-state index contributed by atoms with van der Waals surface area (Å²) in [6.45, 7) is 0. The van der Waals surface area contributed by atoms with Crippen LogP contribution in [0.1, 0.15) is 31.0 Å². The smallest absolute Gasteiger partial charge is 0.191 e. The van der Waals surface area contributed by atoms with Crippen molar-refractivity contribution in [1.29, 1.82) is 0 Å². The zero-order valence-corrected chi connectivity index (χ0v) is 14.1. The molecule has 0 spiro atoms. The molecule has 2 atom stereocenters. The van der Waals surface area contributed by atoms with Gasteiger partial charge in [0.1, 0.15) is 5.82 Å². The Morgan fingerprint density at radius 1 is 1.09 bits per heavy atom. The Kier molecular flexibility index (Phi) is 3.10. The molecule has 0 N–H and O–H groups in total. The fourth-order valence-corrected chi connectivity index (χ4v) is 4.81. The molecule has 2 aliphatic carbocycles. The van der Waals surface area contributed by atoms with E-state index in [-0.39, 0.29) is 0 Å². The predicted molar refractivity (Wildman–Crippen MR) is 93.3 cm³/mol. The lowest BCUT2D eigenvalue weighted by Crippen LogP contribution is -2.04. The highest BCUT2D eigenvalue weighted by molar-refractivity contribution is 7.13. The van der Waals surface area contributed by atoms with Crippen molar-refractivity contribution < 1.29 is 0 Å². The third kappa shape index (κ3) is 2.24. The lowest BCUT2D eigenvalue weighted by molar-refractivity contribution is 0.640. The molecule has 5 rings (SSSR count). The Bertz CT molecular complexity index is 828. The van der Waals surface area contributed by atoms with E-state index in [1.807, 2.05) is 28.9 Å². The highest BCUT2D eigenvalue weighted by atomic mass is 35.5. The van der Waals surface area contributed by atoms with Crippen LogP contribution >= 0.6 is 22.9 Å². The van der Waals surface area contributed by atoms with E-state index in [2.05, 4.69) is 17.5 Å². The number of thiophene rings is 1. The van der Waals surface area contributed by atoms with Gasteiger partial charge in [0.05, 0.1) is 10.6 Å². The normalized spacial score (nSPS) is 25.5. The van der Waals surface area contributed by atoms with E-state index >= 15 is 0 Å². The van der Waals surface area contributed by atoms with E-state index in [9.17, 15) is 0 Å². The largest absolute Gasteiger partial charge is 0.217 e. The van der Waals surface area contributed by atoms with Crippen LogP contribution in [0, 0.1) is 11.8 Å². The number of halogens is 1. The van der Waals surface area contributed by atoms with Crippen molar-refractivity contribution in [3.63, 3.8) is 0 Å². The number of fused-ring (bicyclic) bond motifs is 1. The maximum atomic E-state index is 6.03. The minimum absolute atomic E-state index is 0.584. The average Bonchev–Trinajstić information content (AvgIpc) is 3.11. The molecule has 0 radical (unpaired) electrons. The SMILES string of the molecule is Clc1ccc(-n2nc(-c3cccs3)nc2C2C3CCCC32)cc1. The second kappa shape index (κ2) is 5.18. The van der Waals surface area contributed by atoms with Gasteiger partial charge in [-0.1, -0.05) is 24.1 Å². The van der Waals surface area contributed by atoms with Gasteiger partial charge in [-0.2, -0.15) is 0 Å². The molecule has 2 unspecified atom stereocenters. The zero-order valence-electron chi connectivity index (χ0n) is 12.5. The second-order valence-electron chi connectivity index (χ2n) is 6.44. The van der Waals surface area contributed by atoms with Gasteiger partial charge < -0.3 is 0 Å². The van der Waals surface area contributed by atoms with E-state index < -0.39 is 0 Å². The minimum atomic E-state index is 0.584. The lowest BCUT2D eigenvalue weighted by Gasteiger charge is -2.07. The van der Waals surface area contributed by atoms with Crippen molar-refractivity contribution >= 4 is 22.9 Å². The molecule has 0 aliphatic heterocycles. The number of hydrogen-bond acceptors (Lipinski definition) is 3. The van der Waals surface area contributed by atoms with Gasteiger partial charge in [-0.3, -0.25) is 0 Å². The minimum Gasteiger partial charge on any atom is -0.217 e. The van der Waals surface area contributed by atoms with Gasteiger partial charge in [0.25, 0.3) is 0 Å². The van der Waals surface area contributed by atoms with Crippen molar-refractivity contribution in [2.75, 3.05) is 0 Å². The van der Waals surface area contributed by atoms with Gasteiger partial charge in [-0.25, -0.2) is 9.67 Å². The highest BCUT2D eigenvalue weighted by Crippen LogP contribution is 2.62. The summed E-state index contributed by atoms with van der Waals surface area (Å²) < 4.78 is 2.04. The van der Waals surface area contributed by atoms with Crippen molar-refractivity contribution in [3.05, 3.63) is 52.6 Å². The number of benzene rings is 1. The van der Waals surface area contributed by atoms with Crippen LogP contribution in [-0.4, -0.2) is 14.8 Å². The summed E-state index contributed by atoms with van der Waals surface area (Å²) in [6.07, 6.45) is 4.06. The second-order valence-corrected chi connectivity index (χ2v) is 7.83. The predicted octanol–water partition coefficient (Wildman–Crippen LogP) is 5.16. The number of aromatic nitrogens is 3. The monoisotopic (exact) mass is 341 g/mol. The third-order valence-corrected chi connectivity index (χ3v) is 6.27. The quantitative estimate of drug-likeness (QED) is 0.658. The van der Waals surface area contributed by atoms with Crippen molar-refractivity contribution in [2.45, 2.75) is 25.2 Å². The maximum absolute atomic E-state index is 6.03. The van der Waals surface area contributed by atoms with Crippen molar-refractivity contribution in [3.8, 4) is 16.4 Å². The summed E-state index contributed by atoms with van der Waals surface area (Å²) in [5, 5.41) is 7.63. The van der Waals surface area contributed by atoms with Gasteiger partial charge in [-0.15, -0.1) is 16.4 Å². The Balaban J connectivity index is 1.61. The van der Waals surface area contributed by atoms with Gasteiger partial charge in [0.15, 0.2) is 5.82 Å². The van der Waals surface area contributed by atoms with Crippen LogP contribution in [0.15, 0.2) is 41.8 Å². The first-order valence-electron chi connectivity index (χ1n) is 8.08. The topological polar surface area (TPSA) is 30.7 Å². The first kappa shape index (κ1) is 13.8. The van der Waals surface area contributed by atoms with Gasteiger partial charge in [-0.05, 0) is 60.4 Å². The maximum Gasteiger partial charge on any atom is 0.191 e. The summed E-state index contributed by atoms with van der Waals surface area (Å²) in [5.41, 5.74) is 1.05. The van der Waals surface area contributed by atoms with E-state index in [0.29, 0.717) is 5.92 Å².